The van der Waals surface area contributed by atoms with Crippen LogP contribution in [0.5, 0.6) is 0 Å². The number of aromatic nitrogens is 1. The summed E-state index contributed by atoms with van der Waals surface area (Å²) in [6.07, 6.45) is 1.46. The summed E-state index contributed by atoms with van der Waals surface area (Å²) < 4.78 is 13.2. The lowest BCUT2D eigenvalue weighted by atomic mass is 10.2. The molecule has 1 fully saturated rings. The second-order valence-corrected chi connectivity index (χ2v) is 6.68. The van der Waals surface area contributed by atoms with Crippen LogP contribution in [0.2, 0.25) is 10.0 Å². The number of halogens is 3. The monoisotopic (exact) mass is 382 g/mol. The van der Waals surface area contributed by atoms with Crippen LogP contribution in [0.15, 0.2) is 36.5 Å². The van der Waals surface area contributed by atoms with Crippen molar-refractivity contribution in [2.75, 3.05) is 42.9 Å². The lowest BCUT2D eigenvalue weighted by Crippen LogP contribution is -2.48. The lowest BCUT2D eigenvalue weighted by Gasteiger charge is -2.35. The van der Waals surface area contributed by atoms with Gasteiger partial charge >= 0.3 is 0 Å². The first-order valence-electron chi connectivity index (χ1n) is 7.84. The number of carbonyl (C=O) groups excluding carboxylic acids is 1. The summed E-state index contributed by atoms with van der Waals surface area (Å²) in [5.74, 6) is -0.610. The first-order chi connectivity index (χ1) is 12.0. The van der Waals surface area contributed by atoms with Gasteiger partial charge in [0.1, 0.15) is 0 Å². The number of nitrogens with one attached hydrogen (secondary N) is 1. The molecule has 0 atom stereocenters. The van der Waals surface area contributed by atoms with E-state index in [0.717, 1.165) is 18.8 Å². The van der Waals surface area contributed by atoms with Crippen LogP contribution in [0.4, 0.5) is 15.8 Å². The topological polar surface area (TPSA) is 48.5 Å². The Morgan fingerprint density at radius 1 is 1.12 bits per heavy atom. The number of carbonyl (C=O) groups is 1. The van der Waals surface area contributed by atoms with E-state index >= 15 is 0 Å². The fourth-order valence-corrected chi connectivity index (χ4v) is 3.31. The van der Waals surface area contributed by atoms with Gasteiger partial charge in [-0.15, -0.1) is 0 Å². The summed E-state index contributed by atoms with van der Waals surface area (Å²) in [4.78, 5) is 19.9. The molecule has 1 aromatic carbocycles. The number of hydrogen-bond acceptors (Lipinski definition) is 4. The number of nitrogens with zero attached hydrogens (tertiary/aromatic N) is 3. The van der Waals surface area contributed by atoms with E-state index in [1.54, 1.807) is 24.3 Å². The van der Waals surface area contributed by atoms with Crippen LogP contribution < -0.4 is 10.2 Å². The summed E-state index contributed by atoms with van der Waals surface area (Å²) in [5, 5.41) is 3.75. The highest BCUT2D eigenvalue weighted by Crippen LogP contribution is 2.22. The van der Waals surface area contributed by atoms with Gasteiger partial charge in [0.05, 0.1) is 6.54 Å². The Hall–Kier alpha value is -1.89. The van der Waals surface area contributed by atoms with E-state index in [4.69, 9.17) is 23.2 Å². The summed E-state index contributed by atoms with van der Waals surface area (Å²) >= 11 is 11.9. The van der Waals surface area contributed by atoms with E-state index in [1.807, 2.05) is 0 Å². The van der Waals surface area contributed by atoms with Crippen LogP contribution in [0.3, 0.4) is 0 Å². The Morgan fingerprint density at radius 2 is 1.80 bits per heavy atom. The minimum Gasteiger partial charge on any atom is -0.369 e. The van der Waals surface area contributed by atoms with Gasteiger partial charge in [0.2, 0.25) is 11.9 Å². The van der Waals surface area contributed by atoms with Crippen molar-refractivity contribution in [3.05, 3.63) is 52.5 Å². The molecule has 1 saturated heterocycles. The molecule has 1 aliphatic heterocycles. The average molecular weight is 383 g/mol. The molecule has 0 spiro atoms. The van der Waals surface area contributed by atoms with Crippen LogP contribution in [0, 0.1) is 5.95 Å². The number of hydrogen-bond donors (Lipinski definition) is 1. The second kappa shape index (κ2) is 7.99. The predicted octanol–water partition coefficient (Wildman–Crippen LogP) is 3.29. The maximum atomic E-state index is 13.2. The van der Waals surface area contributed by atoms with E-state index in [-0.39, 0.29) is 12.5 Å². The Balaban J connectivity index is 1.51. The summed E-state index contributed by atoms with van der Waals surface area (Å²) in [7, 11) is 0. The number of piperazine rings is 1. The van der Waals surface area contributed by atoms with Gasteiger partial charge in [-0.05, 0) is 24.3 Å². The summed E-state index contributed by atoms with van der Waals surface area (Å²) in [6, 6.07) is 8.13. The van der Waals surface area contributed by atoms with Gasteiger partial charge < -0.3 is 10.2 Å². The molecule has 1 aromatic heterocycles. The van der Waals surface area contributed by atoms with Crippen LogP contribution in [0.25, 0.3) is 0 Å². The van der Waals surface area contributed by atoms with Crippen molar-refractivity contribution in [2.24, 2.45) is 0 Å². The third-order valence-electron chi connectivity index (χ3n) is 3.96. The van der Waals surface area contributed by atoms with E-state index in [1.165, 1.54) is 12.3 Å². The Kier molecular flexibility index (Phi) is 5.73. The largest absolute Gasteiger partial charge is 0.369 e. The van der Waals surface area contributed by atoms with Gasteiger partial charge in [-0.25, -0.2) is 4.98 Å². The Morgan fingerprint density at radius 3 is 2.44 bits per heavy atom. The van der Waals surface area contributed by atoms with E-state index < -0.39 is 5.95 Å². The fraction of sp³-hybridized carbons (Fsp3) is 0.294. The lowest BCUT2D eigenvalue weighted by molar-refractivity contribution is -0.117. The van der Waals surface area contributed by atoms with Crippen molar-refractivity contribution in [1.82, 2.24) is 9.88 Å². The molecule has 8 heteroatoms. The summed E-state index contributed by atoms with van der Waals surface area (Å²) in [6.45, 7) is 3.16. The zero-order valence-electron chi connectivity index (χ0n) is 13.4. The molecule has 1 aliphatic rings. The van der Waals surface area contributed by atoms with Gasteiger partial charge in [0.15, 0.2) is 0 Å². The average Bonchev–Trinajstić information content (AvgIpc) is 2.54. The SMILES string of the molecule is O=C(CN1CCN(c2ccnc(F)c2)CC1)Nc1cc(Cl)cc(Cl)c1. The molecule has 2 heterocycles. The molecule has 5 nitrogen and oxygen atoms in total. The minimum atomic E-state index is -0.487. The van der Waals surface area contributed by atoms with Crippen LogP contribution in [0.1, 0.15) is 0 Å². The molecular formula is C17H17Cl2FN4O. The first kappa shape index (κ1) is 17.9. The Bertz CT molecular complexity index is 746. The molecule has 25 heavy (non-hydrogen) atoms. The highest BCUT2D eigenvalue weighted by atomic mass is 35.5. The molecular weight excluding hydrogens is 366 g/mol. The van der Waals surface area contributed by atoms with Crippen molar-refractivity contribution in [3.8, 4) is 0 Å². The Labute approximate surface area is 155 Å². The molecule has 132 valence electrons. The number of pyridine rings is 1. The number of anilines is 2. The van der Waals surface area contributed by atoms with Crippen molar-refractivity contribution in [3.63, 3.8) is 0 Å². The van der Waals surface area contributed by atoms with Crippen LogP contribution in [-0.4, -0.2) is 48.5 Å². The predicted molar refractivity (Wildman–Crippen MR) is 97.9 cm³/mol. The molecule has 3 rings (SSSR count). The van der Waals surface area contributed by atoms with E-state index in [9.17, 15) is 9.18 Å². The summed E-state index contributed by atoms with van der Waals surface area (Å²) in [5.41, 5.74) is 1.39. The number of amides is 1. The zero-order chi connectivity index (χ0) is 17.8. The molecule has 1 amide bonds. The third kappa shape index (κ3) is 5.04. The first-order valence-corrected chi connectivity index (χ1v) is 8.60. The highest BCUT2D eigenvalue weighted by Gasteiger charge is 2.19. The maximum absolute atomic E-state index is 13.2. The molecule has 0 aliphatic carbocycles. The van der Waals surface area contributed by atoms with Crippen molar-refractivity contribution in [1.29, 1.82) is 0 Å². The number of benzene rings is 1. The quantitative estimate of drug-likeness (QED) is 0.824. The molecule has 0 bridgehead atoms. The minimum absolute atomic E-state index is 0.123. The van der Waals surface area contributed by atoms with Gasteiger partial charge in [-0.2, -0.15) is 4.39 Å². The smallest absolute Gasteiger partial charge is 0.238 e. The maximum Gasteiger partial charge on any atom is 0.238 e. The fourth-order valence-electron chi connectivity index (χ4n) is 2.78. The van der Waals surface area contributed by atoms with E-state index in [0.29, 0.717) is 28.8 Å². The van der Waals surface area contributed by atoms with Crippen molar-refractivity contribution < 1.29 is 9.18 Å². The molecule has 1 N–H and O–H groups in total. The van der Waals surface area contributed by atoms with Crippen molar-refractivity contribution in [2.45, 2.75) is 0 Å². The normalized spacial score (nSPS) is 15.2. The standard InChI is InChI=1S/C17H17Cl2FN4O/c18-12-7-13(19)9-14(8-12)22-17(25)11-23-3-5-24(6-4-23)15-1-2-21-16(20)10-15/h1-2,7-10H,3-6,11H2,(H,22,25). The van der Waals surface area contributed by atoms with E-state index in [2.05, 4.69) is 20.1 Å². The number of rotatable bonds is 4. The van der Waals surface area contributed by atoms with Gasteiger partial charge in [-0.3, -0.25) is 9.69 Å². The third-order valence-corrected chi connectivity index (χ3v) is 4.40. The van der Waals surface area contributed by atoms with Crippen molar-refractivity contribution >= 4 is 40.5 Å². The molecule has 0 unspecified atom stereocenters. The molecule has 0 radical (unpaired) electrons. The van der Waals surface area contributed by atoms with Gasteiger partial charge in [0, 0.05) is 59.9 Å². The van der Waals surface area contributed by atoms with Crippen LogP contribution in [-0.2, 0) is 4.79 Å². The van der Waals surface area contributed by atoms with Gasteiger partial charge in [0.25, 0.3) is 0 Å². The second-order valence-electron chi connectivity index (χ2n) is 5.81. The van der Waals surface area contributed by atoms with Crippen LogP contribution >= 0.6 is 23.2 Å². The zero-order valence-corrected chi connectivity index (χ0v) is 14.9. The van der Waals surface area contributed by atoms with Gasteiger partial charge in [-0.1, -0.05) is 23.2 Å². The highest BCUT2D eigenvalue weighted by molar-refractivity contribution is 6.35. The molecule has 2 aromatic rings. The molecule has 0 saturated carbocycles.